The maximum Gasteiger partial charge on any atom is 0.472 e. The van der Waals surface area contributed by atoms with Crippen LogP contribution in [0.2, 0.25) is 0 Å². The summed E-state index contributed by atoms with van der Waals surface area (Å²) in [6.07, 6.45) is 60.6. The van der Waals surface area contributed by atoms with Crippen LogP contribution in [0.1, 0.15) is 201 Å². The normalized spacial score (nSPS) is 14.3. The van der Waals surface area contributed by atoms with Gasteiger partial charge in [-0.25, -0.2) is 4.57 Å². The predicted octanol–water partition coefficient (Wildman–Crippen LogP) is 15.5. The predicted molar refractivity (Wildman–Crippen MR) is 288 cm³/mol. The van der Waals surface area contributed by atoms with Gasteiger partial charge in [0.05, 0.1) is 19.8 Å². The highest BCUT2D eigenvalue weighted by Crippen LogP contribution is 2.43. The number of esters is 3. The fourth-order valence-electron chi connectivity index (χ4n) is 6.58. The van der Waals surface area contributed by atoms with Crippen LogP contribution >= 0.6 is 7.82 Å². The van der Waals surface area contributed by atoms with E-state index in [0.717, 1.165) is 135 Å². The van der Waals surface area contributed by atoms with Crippen LogP contribution in [0.15, 0.2) is 109 Å². The Balaban J connectivity index is 4.87. The number of phosphoric acid groups is 1. The van der Waals surface area contributed by atoms with Crippen LogP contribution in [0, 0.1) is 0 Å². The van der Waals surface area contributed by atoms with E-state index in [9.17, 15) is 28.9 Å². The first kappa shape index (κ1) is 66.1. The zero-order valence-corrected chi connectivity index (χ0v) is 44.6. The van der Waals surface area contributed by atoms with Crippen molar-refractivity contribution in [2.75, 3.05) is 26.4 Å². The van der Waals surface area contributed by atoms with Crippen molar-refractivity contribution < 1.29 is 52.2 Å². The van der Waals surface area contributed by atoms with Gasteiger partial charge in [-0.15, -0.1) is 0 Å². The first-order valence-electron chi connectivity index (χ1n) is 26.8. The Kier molecular flexibility index (Phi) is 48.7. The smallest absolute Gasteiger partial charge is 0.462 e. The van der Waals surface area contributed by atoms with Crippen LogP contribution in [-0.4, -0.2) is 66.5 Å². The molecular formula is C58H95O11P. The number of unbranched alkanes of at least 4 members (excludes halogenated alkanes) is 13. The second kappa shape index (κ2) is 51.5. The van der Waals surface area contributed by atoms with Gasteiger partial charge in [0.15, 0.2) is 6.10 Å². The molecule has 0 amide bonds. The van der Waals surface area contributed by atoms with Gasteiger partial charge >= 0.3 is 25.7 Å². The molecule has 0 aromatic heterocycles. The summed E-state index contributed by atoms with van der Waals surface area (Å²) < 4.78 is 39.3. The number of allylic oxidation sites excluding steroid dienone is 18. The van der Waals surface area contributed by atoms with Gasteiger partial charge in [-0.2, -0.15) is 0 Å². The summed E-state index contributed by atoms with van der Waals surface area (Å²) in [7, 11) is -4.77. The molecule has 11 nitrogen and oxygen atoms in total. The molecule has 398 valence electrons. The molecule has 0 rings (SSSR count). The lowest BCUT2D eigenvalue weighted by molar-refractivity contribution is -0.161. The number of hydrogen-bond donors (Lipinski definition) is 2. The Morgan fingerprint density at radius 2 is 0.757 bits per heavy atom. The highest BCUT2D eigenvalue weighted by molar-refractivity contribution is 7.47. The van der Waals surface area contributed by atoms with Gasteiger partial charge in [-0.05, 0) is 109 Å². The Labute approximate surface area is 425 Å². The van der Waals surface area contributed by atoms with Crippen LogP contribution < -0.4 is 0 Å². The Bertz CT molecular complexity index is 1590. The number of phosphoric ester groups is 1. The van der Waals surface area contributed by atoms with Crippen molar-refractivity contribution in [1.82, 2.24) is 0 Å². The van der Waals surface area contributed by atoms with E-state index in [1.165, 1.54) is 0 Å². The van der Waals surface area contributed by atoms with Gasteiger partial charge in [0, 0.05) is 19.3 Å². The third kappa shape index (κ3) is 49.1. The van der Waals surface area contributed by atoms with Crippen molar-refractivity contribution in [2.45, 2.75) is 213 Å². The number of ether oxygens (including phenoxy) is 3. The Hall–Kier alpha value is -3.86. The summed E-state index contributed by atoms with van der Waals surface area (Å²) in [4.78, 5) is 48.4. The monoisotopic (exact) mass is 999 g/mol. The molecule has 0 heterocycles. The SMILES string of the molecule is CC/C=C\C/C=C\C/C=C\C/C=C\C/C=C\CCCC(=O)OC(COC(=O)CCCCCCC/C=C\C/C=C\CCC)COP(=O)(O)OCC(CO)OC(=O)CCCCCCC/C=C\C/C=C\CCC. The fourth-order valence-corrected chi connectivity index (χ4v) is 7.37. The molecule has 0 saturated heterocycles. The molecule has 0 aromatic rings. The maximum atomic E-state index is 12.9. The molecule has 0 aliphatic rings. The lowest BCUT2D eigenvalue weighted by Gasteiger charge is -2.21. The molecule has 12 heteroatoms. The molecule has 3 atom stereocenters. The molecule has 2 N–H and O–H groups in total. The lowest BCUT2D eigenvalue weighted by atomic mass is 10.1. The van der Waals surface area contributed by atoms with Crippen molar-refractivity contribution in [3.05, 3.63) is 109 Å². The average Bonchev–Trinajstić information content (AvgIpc) is 3.35. The summed E-state index contributed by atoms with van der Waals surface area (Å²) in [5, 5.41) is 9.78. The van der Waals surface area contributed by atoms with Crippen molar-refractivity contribution in [2.24, 2.45) is 0 Å². The van der Waals surface area contributed by atoms with Gasteiger partial charge in [0.2, 0.25) is 0 Å². The van der Waals surface area contributed by atoms with Crippen molar-refractivity contribution >= 4 is 25.7 Å². The molecule has 0 saturated carbocycles. The second-order valence-corrected chi connectivity index (χ2v) is 18.8. The minimum atomic E-state index is -4.77. The van der Waals surface area contributed by atoms with Crippen LogP contribution in [0.25, 0.3) is 0 Å². The highest BCUT2D eigenvalue weighted by atomic mass is 31.2. The van der Waals surface area contributed by atoms with Gasteiger partial charge in [0.25, 0.3) is 0 Å². The number of carbonyl (C=O) groups is 3. The van der Waals surface area contributed by atoms with Crippen LogP contribution in [-0.2, 0) is 42.2 Å². The molecule has 0 aromatic carbocycles. The minimum Gasteiger partial charge on any atom is -0.462 e. The second-order valence-electron chi connectivity index (χ2n) is 17.3. The summed E-state index contributed by atoms with van der Waals surface area (Å²) in [5.74, 6) is -1.58. The summed E-state index contributed by atoms with van der Waals surface area (Å²) >= 11 is 0. The van der Waals surface area contributed by atoms with Crippen LogP contribution in [0.4, 0.5) is 0 Å². The third-order valence-electron chi connectivity index (χ3n) is 10.6. The molecular weight excluding hydrogens is 904 g/mol. The number of rotatable bonds is 48. The molecule has 0 spiro atoms. The summed E-state index contributed by atoms with van der Waals surface area (Å²) in [6.45, 7) is 4.27. The zero-order chi connectivity index (χ0) is 51.3. The molecule has 0 fully saturated rings. The standard InChI is InChI=1S/C58H95O11P/c1-4-7-10-13-16-19-22-25-26-27-28-31-34-37-40-43-46-49-58(62)69-55(51-65-56(60)47-44-41-38-35-32-29-23-20-17-14-11-8-5-2)53-67-70(63,64)66-52-54(50-59)68-57(61)48-45-42-39-36-33-30-24-21-18-15-12-9-6-3/h7,10-12,14-16,19-21,23-26,28,31,37,40,54-55,59H,4-6,8-9,13,17-18,22,27,29-30,32-36,38-39,41-53H2,1-3H3,(H,63,64)/b10-7-,14-11-,15-12-,19-16-,23-20-,24-21-,26-25-,31-28-,40-37-. The largest absolute Gasteiger partial charge is 0.472 e. The van der Waals surface area contributed by atoms with Gasteiger partial charge in [-0.1, -0.05) is 182 Å². The van der Waals surface area contributed by atoms with Crippen molar-refractivity contribution in [1.29, 1.82) is 0 Å². The lowest BCUT2D eigenvalue weighted by Crippen LogP contribution is -2.30. The number of hydrogen-bond acceptors (Lipinski definition) is 10. The van der Waals surface area contributed by atoms with E-state index in [1.54, 1.807) is 0 Å². The minimum absolute atomic E-state index is 0.0798. The van der Waals surface area contributed by atoms with Gasteiger partial charge in [0.1, 0.15) is 12.7 Å². The molecule has 0 aliphatic heterocycles. The van der Waals surface area contributed by atoms with Crippen LogP contribution in [0.3, 0.4) is 0 Å². The molecule has 70 heavy (non-hydrogen) atoms. The molecule has 3 unspecified atom stereocenters. The van der Waals surface area contributed by atoms with E-state index in [4.69, 9.17) is 23.3 Å². The highest BCUT2D eigenvalue weighted by Gasteiger charge is 2.28. The number of carbonyl (C=O) groups excluding carboxylic acids is 3. The third-order valence-corrected chi connectivity index (χ3v) is 11.6. The zero-order valence-electron chi connectivity index (χ0n) is 43.7. The summed E-state index contributed by atoms with van der Waals surface area (Å²) in [5.41, 5.74) is 0. The first-order valence-corrected chi connectivity index (χ1v) is 28.3. The van der Waals surface area contributed by atoms with E-state index in [2.05, 4.69) is 118 Å². The van der Waals surface area contributed by atoms with Gasteiger partial charge in [-0.3, -0.25) is 23.4 Å². The van der Waals surface area contributed by atoms with E-state index < -0.39 is 57.8 Å². The van der Waals surface area contributed by atoms with Crippen molar-refractivity contribution in [3.8, 4) is 0 Å². The fraction of sp³-hybridized carbons (Fsp3) is 0.638. The molecule has 0 bridgehead atoms. The van der Waals surface area contributed by atoms with Gasteiger partial charge < -0.3 is 24.2 Å². The Morgan fingerprint density at radius 3 is 1.20 bits per heavy atom. The topological polar surface area (TPSA) is 155 Å². The number of aliphatic hydroxyl groups is 1. The van der Waals surface area contributed by atoms with E-state index in [-0.39, 0.29) is 25.9 Å². The quantitative estimate of drug-likeness (QED) is 0.0197. The molecule has 0 aliphatic carbocycles. The maximum absolute atomic E-state index is 12.9. The number of aliphatic hydroxyl groups excluding tert-OH is 1. The summed E-state index contributed by atoms with van der Waals surface area (Å²) in [6, 6.07) is 0. The Morgan fingerprint density at radius 1 is 0.414 bits per heavy atom. The van der Waals surface area contributed by atoms with Crippen LogP contribution in [0.5, 0.6) is 0 Å². The first-order chi connectivity index (χ1) is 34.2. The average molecular weight is 999 g/mol. The molecule has 0 radical (unpaired) electrons. The van der Waals surface area contributed by atoms with E-state index in [1.807, 2.05) is 12.2 Å². The van der Waals surface area contributed by atoms with Crippen molar-refractivity contribution in [3.63, 3.8) is 0 Å². The van der Waals surface area contributed by atoms with E-state index >= 15 is 0 Å². The van der Waals surface area contributed by atoms with E-state index in [0.29, 0.717) is 25.7 Å².